The first kappa shape index (κ1) is 21.4. The van der Waals surface area contributed by atoms with E-state index in [9.17, 15) is 4.79 Å². The van der Waals surface area contributed by atoms with E-state index in [2.05, 4.69) is 44.9 Å². The molecule has 0 aliphatic carbocycles. The van der Waals surface area contributed by atoms with Crippen LogP contribution in [-0.2, 0) is 16.0 Å². The molecule has 0 spiro atoms. The lowest BCUT2D eigenvalue weighted by Gasteiger charge is -2.26. The summed E-state index contributed by atoms with van der Waals surface area (Å²) in [4.78, 5) is 19.6. The number of hydrogen-bond donors (Lipinski definition) is 0. The van der Waals surface area contributed by atoms with Crippen molar-refractivity contribution in [2.75, 3.05) is 40.0 Å². The van der Waals surface area contributed by atoms with Gasteiger partial charge in [-0.25, -0.2) is 4.79 Å². The second-order valence-corrected chi connectivity index (χ2v) is 8.21. The van der Waals surface area contributed by atoms with Gasteiger partial charge in [0.2, 0.25) is 0 Å². The summed E-state index contributed by atoms with van der Waals surface area (Å²) in [6.45, 7) is 5.21. The highest BCUT2D eigenvalue weighted by Crippen LogP contribution is 2.35. The Balaban J connectivity index is 1.59. The first-order valence-electron chi connectivity index (χ1n) is 11.3. The van der Waals surface area contributed by atoms with Crippen molar-refractivity contribution in [1.29, 1.82) is 0 Å². The van der Waals surface area contributed by atoms with E-state index in [4.69, 9.17) is 9.47 Å². The SMILES string of the molecule is COC(=O)c1cccc2c1c(-c1cncc(-c3ccccc3)c1)cn2CCN1CCOCC1. The summed E-state index contributed by atoms with van der Waals surface area (Å²) < 4.78 is 12.8. The number of aromatic nitrogens is 2. The Labute approximate surface area is 193 Å². The molecular formula is C27H27N3O3. The van der Waals surface area contributed by atoms with Crippen molar-refractivity contribution < 1.29 is 14.3 Å². The molecule has 2 aromatic carbocycles. The average molecular weight is 442 g/mol. The van der Waals surface area contributed by atoms with E-state index in [1.54, 1.807) is 0 Å². The van der Waals surface area contributed by atoms with Crippen molar-refractivity contribution in [3.8, 4) is 22.3 Å². The van der Waals surface area contributed by atoms with E-state index in [-0.39, 0.29) is 5.97 Å². The van der Waals surface area contributed by atoms with Gasteiger partial charge in [-0.2, -0.15) is 0 Å². The smallest absolute Gasteiger partial charge is 0.338 e. The lowest BCUT2D eigenvalue weighted by atomic mass is 9.99. The summed E-state index contributed by atoms with van der Waals surface area (Å²) >= 11 is 0. The van der Waals surface area contributed by atoms with Crippen LogP contribution in [0.1, 0.15) is 10.4 Å². The van der Waals surface area contributed by atoms with Gasteiger partial charge in [-0.15, -0.1) is 0 Å². The summed E-state index contributed by atoms with van der Waals surface area (Å²) in [5.74, 6) is -0.333. The number of carbonyl (C=O) groups is 1. The van der Waals surface area contributed by atoms with Gasteiger partial charge in [-0.1, -0.05) is 36.4 Å². The van der Waals surface area contributed by atoms with Crippen LogP contribution in [0.25, 0.3) is 33.2 Å². The predicted molar refractivity (Wildman–Crippen MR) is 129 cm³/mol. The second kappa shape index (κ2) is 9.57. The Hall–Kier alpha value is -3.48. The Kier molecular flexibility index (Phi) is 6.19. The zero-order valence-corrected chi connectivity index (χ0v) is 18.7. The van der Waals surface area contributed by atoms with Crippen LogP contribution in [0.15, 0.2) is 73.2 Å². The lowest BCUT2D eigenvalue weighted by molar-refractivity contribution is 0.0365. The zero-order valence-electron chi connectivity index (χ0n) is 18.7. The number of pyridine rings is 1. The number of carbonyl (C=O) groups excluding carboxylic acids is 1. The zero-order chi connectivity index (χ0) is 22.6. The molecule has 0 saturated carbocycles. The van der Waals surface area contributed by atoms with E-state index < -0.39 is 0 Å². The van der Waals surface area contributed by atoms with E-state index in [1.165, 1.54) is 7.11 Å². The molecule has 0 bridgehead atoms. The van der Waals surface area contributed by atoms with Crippen molar-refractivity contribution in [3.05, 3.63) is 78.8 Å². The number of fused-ring (bicyclic) bond motifs is 1. The van der Waals surface area contributed by atoms with E-state index in [0.29, 0.717) is 5.56 Å². The highest BCUT2D eigenvalue weighted by molar-refractivity contribution is 6.10. The molecule has 33 heavy (non-hydrogen) atoms. The molecule has 6 heteroatoms. The third kappa shape index (κ3) is 4.40. The number of nitrogens with zero attached hydrogens (tertiary/aromatic N) is 3. The van der Waals surface area contributed by atoms with Crippen LogP contribution in [0, 0.1) is 0 Å². The molecule has 0 amide bonds. The fourth-order valence-electron chi connectivity index (χ4n) is 4.49. The molecule has 1 fully saturated rings. The summed E-state index contributed by atoms with van der Waals surface area (Å²) in [6.07, 6.45) is 5.88. The number of morpholine rings is 1. The minimum atomic E-state index is -0.333. The molecule has 4 aromatic rings. The van der Waals surface area contributed by atoms with E-state index in [1.807, 2.05) is 42.7 Å². The molecular weight excluding hydrogens is 414 g/mol. The Morgan fingerprint density at radius 3 is 2.55 bits per heavy atom. The predicted octanol–water partition coefficient (Wildman–Crippen LogP) is 4.49. The van der Waals surface area contributed by atoms with Crippen LogP contribution in [0.2, 0.25) is 0 Å². The third-order valence-electron chi connectivity index (χ3n) is 6.23. The van der Waals surface area contributed by atoms with Gasteiger partial charge in [0, 0.05) is 72.4 Å². The molecule has 5 rings (SSSR count). The van der Waals surface area contributed by atoms with Crippen LogP contribution < -0.4 is 0 Å². The first-order valence-corrected chi connectivity index (χ1v) is 11.3. The van der Waals surface area contributed by atoms with Crippen molar-refractivity contribution in [3.63, 3.8) is 0 Å². The molecule has 3 heterocycles. The molecule has 0 atom stereocenters. The van der Waals surface area contributed by atoms with Gasteiger partial charge >= 0.3 is 5.97 Å². The Morgan fingerprint density at radius 2 is 1.76 bits per heavy atom. The normalized spacial score (nSPS) is 14.5. The molecule has 2 aromatic heterocycles. The lowest BCUT2D eigenvalue weighted by Crippen LogP contribution is -2.38. The van der Waals surface area contributed by atoms with Gasteiger partial charge in [0.15, 0.2) is 0 Å². The standard InChI is InChI=1S/C27H27N3O3/c1-32-27(31)23-8-5-9-25-26(23)24(19-30(25)11-10-29-12-14-33-15-13-29)22-16-21(17-28-18-22)20-6-3-2-4-7-20/h2-9,16-19H,10-15H2,1H3. The number of methoxy groups -OCH3 is 1. The van der Waals surface area contributed by atoms with Gasteiger partial charge in [-0.3, -0.25) is 9.88 Å². The Bertz CT molecular complexity index is 1260. The van der Waals surface area contributed by atoms with Gasteiger partial charge < -0.3 is 14.0 Å². The van der Waals surface area contributed by atoms with Gasteiger partial charge in [-0.05, 0) is 23.8 Å². The van der Waals surface area contributed by atoms with Crippen LogP contribution in [0.5, 0.6) is 0 Å². The molecule has 0 N–H and O–H groups in total. The molecule has 0 radical (unpaired) electrons. The number of rotatable bonds is 6. The number of ether oxygens (including phenoxy) is 2. The van der Waals surface area contributed by atoms with Crippen molar-refractivity contribution in [2.24, 2.45) is 0 Å². The highest BCUT2D eigenvalue weighted by atomic mass is 16.5. The summed E-state index contributed by atoms with van der Waals surface area (Å²) in [5, 5.41) is 0.901. The minimum Gasteiger partial charge on any atom is -0.465 e. The fourth-order valence-corrected chi connectivity index (χ4v) is 4.49. The topological polar surface area (TPSA) is 56.6 Å². The summed E-state index contributed by atoms with van der Waals surface area (Å²) in [5.41, 5.74) is 5.70. The van der Waals surface area contributed by atoms with Crippen LogP contribution in [0.4, 0.5) is 0 Å². The van der Waals surface area contributed by atoms with Crippen molar-refractivity contribution in [1.82, 2.24) is 14.5 Å². The maximum absolute atomic E-state index is 12.6. The second-order valence-electron chi connectivity index (χ2n) is 8.21. The number of benzene rings is 2. The monoisotopic (exact) mass is 441 g/mol. The molecule has 1 aliphatic rings. The third-order valence-corrected chi connectivity index (χ3v) is 6.23. The minimum absolute atomic E-state index is 0.333. The Morgan fingerprint density at radius 1 is 0.970 bits per heavy atom. The largest absolute Gasteiger partial charge is 0.465 e. The molecule has 6 nitrogen and oxygen atoms in total. The fraction of sp³-hybridized carbons (Fsp3) is 0.259. The molecule has 1 saturated heterocycles. The average Bonchev–Trinajstić information content (AvgIpc) is 3.27. The van der Waals surface area contributed by atoms with E-state index >= 15 is 0 Å². The van der Waals surface area contributed by atoms with Crippen molar-refractivity contribution >= 4 is 16.9 Å². The quantitative estimate of drug-likeness (QED) is 0.413. The van der Waals surface area contributed by atoms with Crippen molar-refractivity contribution in [2.45, 2.75) is 6.54 Å². The van der Waals surface area contributed by atoms with Crippen LogP contribution in [-0.4, -0.2) is 60.4 Å². The van der Waals surface area contributed by atoms with Crippen LogP contribution >= 0.6 is 0 Å². The molecule has 0 unspecified atom stereocenters. The van der Waals surface area contributed by atoms with Gasteiger partial charge in [0.1, 0.15) is 0 Å². The number of esters is 1. The summed E-state index contributed by atoms with van der Waals surface area (Å²) in [7, 11) is 1.42. The highest BCUT2D eigenvalue weighted by Gasteiger charge is 2.20. The first-order chi connectivity index (χ1) is 16.2. The molecule has 168 valence electrons. The molecule has 1 aliphatic heterocycles. The van der Waals surface area contributed by atoms with Gasteiger partial charge in [0.05, 0.1) is 25.9 Å². The maximum Gasteiger partial charge on any atom is 0.338 e. The van der Waals surface area contributed by atoms with E-state index in [0.717, 1.165) is 72.5 Å². The maximum atomic E-state index is 12.6. The number of hydrogen-bond acceptors (Lipinski definition) is 5. The summed E-state index contributed by atoms with van der Waals surface area (Å²) in [6, 6.07) is 18.2. The van der Waals surface area contributed by atoms with Crippen LogP contribution in [0.3, 0.4) is 0 Å². The van der Waals surface area contributed by atoms with Gasteiger partial charge in [0.25, 0.3) is 0 Å².